The Hall–Kier alpha value is -3.95. The summed E-state index contributed by atoms with van der Waals surface area (Å²) in [5, 5.41) is 26.7. The first kappa shape index (κ1) is 18.4. The third kappa shape index (κ3) is 4.12. The zero-order chi connectivity index (χ0) is 19.1. The van der Waals surface area contributed by atoms with Gasteiger partial charge >= 0.3 is 5.97 Å². The van der Waals surface area contributed by atoms with Crippen molar-refractivity contribution in [2.75, 3.05) is 12.5 Å². The van der Waals surface area contributed by atoms with Gasteiger partial charge in [-0.2, -0.15) is 5.10 Å². The van der Waals surface area contributed by atoms with Crippen LogP contribution in [0.5, 0.6) is 0 Å². The van der Waals surface area contributed by atoms with E-state index in [1.807, 2.05) is 0 Å². The van der Waals surface area contributed by atoms with Gasteiger partial charge in [-0.3, -0.25) is 15.5 Å². The Balaban J connectivity index is 2.40. The Labute approximate surface area is 147 Å². The predicted molar refractivity (Wildman–Crippen MR) is 94.4 cm³/mol. The van der Waals surface area contributed by atoms with Crippen LogP contribution in [0.25, 0.3) is 0 Å². The summed E-state index contributed by atoms with van der Waals surface area (Å²) in [6.45, 7) is 0. The Morgan fingerprint density at radius 1 is 1.23 bits per heavy atom. The van der Waals surface area contributed by atoms with Gasteiger partial charge in [0.05, 0.1) is 23.3 Å². The maximum absolute atomic E-state index is 11.8. The van der Waals surface area contributed by atoms with Gasteiger partial charge in [-0.05, 0) is 24.3 Å². The van der Waals surface area contributed by atoms with E-state index >= 15 is 0 Å². The van der Waals surface area contributed by atoms with Crippen LogP contribution < -0.4 is 11.2 Å². The number of nitro benzene ring substituents is 1. The lowest BCUT2D eigenvalue weighted by Gasteiger charge is -2.09. The summed E-state index contributed by atoms with van der Waals surface area (Å²) in [5.41, 5.74) is 9.16. The molecule has 0 heterocycles. The smallest absolute Gasteiger partial charge is 0.340 e. The summed E-state index contributed by atoms with van der Waals surface area (Å²) < 4.78 is 4.69. The van der Waals surface area contributed by atoms with Crippen LogP contribution in [0.2, 0.25) is 0 Å². The minimum Gasteiger partial charge on any atom is -0.465 e. The number of nitro groups is 1. The Kier molecular flexibility index (Phi) is 5.83. The van der Waals surface area contributed by atoms with Crippen LogP contribution in [0.4, 0.5) is 11.4 Å². The van der Waals surface area contributed by atoms with Crippen LogP contribution in [-0.4, -0.2) is 34.8 Å². The number of esters is 1. The van der Waals surface area contributed by atoms with Crippen molar-refractivity contribution in [3.63, 3.8) is 0 Å². The first-order valence-electron chi connectivity index (χ1n) is 7.21. The van der Waals surface area contributed by atoms with Crippen molar-refractivity contribution >= 4 is 28.9 Å². The molecule has 0 atom stereocenters. The molecule has 10 nitrogen and oxygen atoms in total. The van der Waals surface area contributed by atoms with E-state index in [9.17, 15) is 14.9 Å². The number of oxime groups is 1. The number of methoxy groups -OCH3 is 1. The molecular formula is C16H15N5O5. The quantitative estimate of drug-likeness (QED) is 0.178. The van der Waals surface area contributed by atoms with E-state index < -0.39 is 10.9 Å². The van der Waals surface area contributed by atoms with E-state index in [0.29, 0.717) is 11.3 Å². The van der Waals surface area contributed by atoms with Gasteiger partial charge in [-0.25, -0.2) is 4.79 Å². The van der Waals surface area contributed by atoms with E-state index in [4.69, 9.17) is 15.7 Å². The van der Waals surface area contributed by atoms with Crippen molar-refractivity contribution in [3.8, 4) is 0 Å². The van der Waals surface area contributed by atoms with Crippen LogP contribution in [0.3, 0.4) is 0 Å². The van der Waals surface area contributed by atoms with E-state index in [1.165, 1.54) is 31.4 Å². The van der Waals surface area contributed by atoms with Gasteiger partial charge in [-0.1, -0.05) is 17.3 Å². The predicted octanol–water partition coefficient (Wildman–Crippen LogP) is 1.94. The second-order valence-corrected chi connectivity index (χ2v) is 4.90. The number of nitrogens with two attached hydrogens (primary N) is 1. The Morgan fingerprint density at radius 2 is 1.88 bits per heavy atom. The molecule has 2 aromatic carbocycles. The molecule has 4 N–H and O–H groups in total. The molecule has 0 saturated carbocycles. The number of ether oxygens (including phenoxy) is 1. The van der Waals surface area contributed by atoms with Crippen molar-refractivity contribution < 1.29 is 19.7 Å². The molecule has 26 heavy (non-hydrogen) atoms. The van der Waals surface area contributed by atoms with E-state index in [2.05, 4.69) is 15.7 Å². The van der Waals surface area contributed by atoms with Gasteiger partial charge in [0.2, 0.25) is 0 Å². The van der Waals surface area contributed by atoms with E-state index in [1.54, 1.807) is 24.3 Å². The number of amidine groups is 1. The highest BCUT2D eigenvalue weighted by Gasteiger charge is 2.14. The fourth-order valence-electron chi connectivity index (χ4n) is 2.04. The number of hydrazone groups is 1. The number of carbonyl (C=O) groups is 1. The number of hydrogen-bond donors (Lipinski definition) is 3. The number of non-ortho nitro benzene ring substituents is 1. The van der Waals surface area contributed by atoms with Gasteiger partial charge in [0.1, 0.15) is 5.71 Å². The molecule has 0 fully saturated rings. The molecular weight excluding hydrogens is 342 g/mol. The monoisotopic (exact) mass is 357 g/mol. The molecule has 0 unspecified atom stereocenters. The van der Waals surface area contributed by atoms with Crippen LogP contribution in [0, 0.1) is 10.1 Å². The molecule has 10 heteroatoms. The lowest BCUT2D eigenvalue weighted by Crippen LogP contribution is -2.26. The minimum atomic E-state index is -0.566. The molecule has 0 amide bonds. The molecule has 0 aliphatic carbocycles. The van der Waals surface area contributed by atoms with Crippen molar-refractivity contribution in [2.45, 2.75) is 0 Å². The minimum absolute atomic E-state index is 0.0297. The largest absolute Gasteiger partial charge is 0.465 e. The molecule has 0 aromatic heterocycles. The molecule has 134 valence electrons. The van der Waals surface area contributed by atoms with Gasteiger partial charge in [-0.15, -0.1) is 0 Å². The number of nitrogens with zero attached hydrogens (tertiary/aromatic N) is 3. The summed E-state index contributed by atoms with van der Waals surface area (Å²) >= 11 is 0. The summed E-state index contributed by atoms with van der Waals surface area (Å²) in [6.07, 6.45) is 0. The standard InChI is InChI=1S/C16H15N5O5/c1-26-16(22)12-4-2-3-5-13(12)18-19-14(15(17)20-23)10-6-8-11(9-7-10)21(24)25/h2-9,18,23H,1H3,(H2,17,20)/b19-14-. The lowest BCUT2D eigenvalue weighted by atomic mass is 10.1. The number of rotatable bonds is 6. The highest BCUT2D eigenvalue weighted by Crippen LogP contribution is 2.17. The molecule has 2 rings (SSSR count). The Bertz CT molecular complexity index is 877. The second kappa shape index (κ2) is 8.24. The second-order valence-electron chi connectivity index (χ2n) is 4.90. The summed E-state index contributed by atoms with van der Waals surface area (Å²) in [7, 11) is 1.25. The number of nitrogens with one attached hydrogen (secondary N) is 1. The SMILES string of the molecule is COC(=O)c1ccccc1N/N=C(\C(N)=N\O)c1ccc([N+](=O)[O-])cc1. The molecule has 0 aliphatic rings. The van der Waals surface area contributed by atoms with Gasteiger partial charge in [0.15, 0.2) is 5.84 Å². The van der Waals surface area contributed by atoms with Crippen molar-refractivity contribution in [3.05, 3.63) is 69.8 Å². The lowest BCUT2D eigenvalue weighted by molar-refractivity contribution is -0.384. The number of benzene rings is 2. The summed E-state index contributed by atoms with van der Waals surface area (Å²) in [5.74, 6) is -0.883. The normalized spacial score (nSPS) is 11.7. The summed E-state index contributed by atoms with van der Waals surface area (Å²) in [6, 6.07) is 11.8. The number of para-hydroxylation sites is 1. The van der Waals surface area contributed by atoms with Gasteiger partial charge in [0, 0.05) is 17.7 Å². The van der Waals surface area contributed by atoms with Crippen molar-refractivity contribution in [2.24, 2.45) is 16.0 Å². The molecule has 0 aliphatic heterocycles. The van der Waals surface area contributed by atoms with E-state index in [0.717, 1.165) is 0 Å². The number of anilines is 1. The Morgan fingerprint density at radius 3 is 2.46 bits per heavy atom. The fourth-order valence-corrected chi connectivity index (χ4v) is 2.04. The molecule has 2 aromatic rings. The van der Waals surface area contributed by atoms with Gasteiger partial charge in [0.25, 0.3) is 5.69 Å². The van der Waals surface area contributed by atoms with Crippen molar-refractivity contribution in [1.82, 2.24) is 0 Å². The molecule has 0 radical (unpaired) electrons. The maximum Gasteiger partial charge on any atom is 0.340 e. The topological polar surface area (TPSA) is 152 Å². The van der Waals surface area contributed by atoms with Crippen molar-refractivity contribution in [1.29, 1.82) is 0 Å². The third-order valence-electron chi connectivity index (χ3n) is 3.32. The first-order valence-corrected chi connectivity index (χ1v) is 7.21. The van der Waals surface area contributed by atoms with Gasteiger partial charge < -0.3 is 15.7 Å². The average Bonchev–Trinajstić information content (AvgIpc) is 2.67. The number of carbonyl (C=O) groups excluding carboxylic acids is 1. The van der Waals surface area contributed by atoms with Crippen LogP contribution in [0.15, 0.2) is 58.8 Å². The average molecular weight is 357 g/mol. The fraction of sp³-hybridized carbons (Fsp3) is 0.0625. The van der Waals surface area contributed by atoms with Crippen LogP contribution in [0.1, 0.15) is 15.9 Å². The zero-order valence-electron chi connectivity index (χ0n) is 13.6. The summed E-state index contributed by atoms with van der Waals surface area (Å²) in [4.78, 5) is 22.0. The van der Waals surface area contributed by atoms with Crippen LogP contribution >= 0.6 is 0 Å². The maximum atomic E-state index is 11.8. The third-order valence-corrected chi connectivity index (χ3v) is 3.32. The molecule has 0 spiro atoms. The molecule has 0 bridgehead atoms. The number of hydrogen-bond acceptors (Lipinski definition) is 8. The zero-order valence-corrected chi connectivity index (χ0v) is 13.6. The highest BCUT2D eigenvalue weighted by molar-refractivity contribution is 6.47. The van der Waals surface area contributed by atoms with E-state index in [-0.39, 0.29) is 22.8 Å². The highest BCUT2D eigenvalue weighted by atomic mass is 16.6. The first-order chi connectivity index (χ1) is 12.5. The van der Waals surface area contributed by atoms with Crippen LogP contribution in [-0.2, 0) is 4.74 Å². The molecule has 0 saturated heterocycles.